The Bertz CT molecular complexity index is 1690. The zero-order valence-corrected chi connectivity index (χ0v) is 24.6. The van der Waals surface area contributed by atoms with Gasteiger partial charge in [-0.2, -0.15) is 0 Å². The number of β-amino-alcohol motifs (C(OH)–C–C–N with tert-alkyl or cyclic N) is 1. The van der Waals surface area contributed by atoms with Gasteiger partial charge in [0.1, 0.15) is 17.2 Å². The predicted octanol–water partition coefficient (Wildman–Crippen LogP) is 4.25. The molecular weight excluding hydrogens is 573 g/mol. The molecule has 2 aliphatic rings. The van der Waals surface area contributed by atoms with Crippen molar-refractivity contribution in [2.24, 2.45) is 0 Å². The molecule has 0 aliphatic carbocycles. The van der Waals surface area contributed by atoms with E-state index in [1.165, 1.54) is 12.3 Å². The van der Waals surface area contributed by atoms with Crippen LogP contribution in [-0.4, -0.2) is 77.5 Å². The van der Waals surface area contributed by atoms with Crippen LogP contribution in [0.4, 0.5) is 15.9 Å². The van der Waals surface area contributed by atoms with Gasteiger partial charge in [0.2, 0.25) is 5.43 Å². The van der Waals surface area contributed by atoms with Crippen LogP contribution < -0.4 is 15.2 Å². The number of rotatable bonds is 7. The number of aliphatic hydroxyl groups excluding tert-OH is 1. The van der Waals surface area contributed by atoms with Crippen molar-refractivity contribution in [3.63, 3.8) is 0 Å². The first-order valence-corrected chi connectivity index (χ1v) is 14.9. The zero-order valence-electron chi connectivity index (χ0n) is 23.9. The molecule has 2 aromatic heterocycles. The van der Waals surface area contributed by atoms with E-state index in [2.05, 4.69) is 14.8 Å². The molecule has 6 rings (SSSR count). The summed E-state index contributed by atoms with van der Waals surface area (Å²) in [5, 5.41) is 9.97. The standard InChI is InChI=1S/C32H33ClFN5O4/c1-2-43-32(42)25-20-39(22-8-6-21(7-9-22)18-36-12-10-23(40)19-36)29-24(31(25)41)17-26(34)30(28(29)33)38-15-13-37(14-16-38)27-5-3-4-11-35-27/h3-9,11,17,20,23,40H,2,10,12-16,18-19H2,1H3/t23-/m0/s1. The van der Waals surface area contributed by atoms with Gasteiger partial charge in [0.25, 0.3) is 0 Å². The molecule has 1 N–H and O–H groups in total. The number of ether oxygens (including phenoxy) is 1. The Morgan fingerprint density at radius 3 is 2.49 bits per heavy atom. The molecule has 2 aromatic carbocycles. The van der Waals surface area contributed by atoms with Crippen molar-refractivity contribution in [3.05, 3.63) is 93.1 Å². The highest BCUT2D eigenvalue weighted by molar-refractivity contribution is 6.38. The molecule has 0 radical (unpaired) electrons. The molecule has 0 saturated carbocycles. The van der Waals surface area contributed by atoms with Gasteiger partial charge in [0, 0.05) is 63.9 Å². The van der Waals surface area contributed by atoms with E-state index in [1.807, 2.05) is 47.4 Å². The lowest BCUT2D eigenvalue weighted by Crippen LogP contribution is -2.47. The predicted molar refractivity (Wildman–Crippen MR) is 165 cm³/mol. The van der Waals surface area contributed by atoms with Gasteiger partial charge < -0.3 is 24.2 Å². The average molecular weight is 606 g/mol. The second kappa shape index (κ2) is 12.3. The molecule has 2 saturated heterocycles. The number of carbonyl (C=O) groups is 1. The van der Waals surface area contributed by atoms with Crippen LogP contribution in [0.25, 0.3) is 16.6 Å². The number of carbonyl (C=O) groups excluding carboxylic acids is 1. The first-order valence-electron chi connectivity index (χ1n) is 14.5. The Kier molecular flexibility index (Phi) is 8.34. The van der Waals surface area contributed by atoms with Crippen LogP contribution in [0.15, 0.2) is 65.7 Å². The largest absolute Gasteiger partial charge is 0.462 e. The number of hydrogen-bond acceptors (Lipinski definition) is 8. The van der Waals surface area contributed by atoms with Gasteiger partial charge in [0.05, 0.1) is 34.3 Å². The summed E-state index contributed by atoms with van der Waals surface area (Å²) in [5.74, 6) is -0.549. The van der Waals surface area contributed by atoms with Crippen LogP contribution in [0.2, 0.25) is 5.02 Å². The lowest BCUT2D eigenvalue weighted by Gasteiger charge is -2.37. The fourth-order valence-electron chi connectivity index (χ4n) is 5.93. The minimum Gasteiger partial charge on any atom is -0.462 e. The minimum atomic E-state index is -0.779. The van der Waals surface area contributed by atoms with Crippen molar-refractivity contribution < 1.29 is 19.0 Å². The van der Waals surface area contributed by atoms with Crippen molar-refractivity contribution >= 4 is 40.0 Å². The Morgan fingerprint density at radius 2 is 1.84 bits per heavy atom. The summed E-state index contributed by atoms with van der Waals surface area (Å²) in [7, 11) is 0. The normalized spacial score (nSPS) is 17.5. The number of esters is 1. The molecule has 224 valence electrons. The van der Waals surface area contributed by atoms with E-state index in [4.69, 9.17) is 16.3 Å². The number of anilines is 2. The maximum Gasteiger partial charge on any atom is 0.343 e. The molecule has 2 aliphatic heterocycles. The Hall–Kier alpha value is -3.99. The van der Waals surface area contributed by atoms with Gasteiger partial charge in [0.15, 0.2) is 0 Å². The van der Waals surface area contributed by atoms with E-state index in [0.29, 0.717) is 50.5 Å². The molecule has 4 heterocycles. The zero-order chi connectivity index (χ0) is 30.1. The monoisotopic (exact) mass is 605 g/mol. The minimum absolute atomic E-state index is 0.000875. The second-order valence-corrected chi connectivity index (χ2v) is 11.3. The molecule has 9 nitrogen and oxygen atoms in total. The van der Waals surface area contributed by atoms with Crippen molar-refractivity contribution in [1.29, 1.82) is 0 Å². The molecule has 11 heteroatoms. The summed E-state index contributed by atoms with van der Waals surface area (Å²) >= 11 is 7.00. The van der Waals surface area contributed by atoms with Crippen molar-refractivity contribution in [1.82, 2.24) is 14.5 Å². The van der Waals surface area contributed by atoms with Gasteiger partial charge >= 0.3 is 5.97 Å². The van der Waals surface area contributed by atoms with Crippen molar-refractivity contribution in [2.75, 3.05) is 55.7 Å². The smallest absolute Gasteiger partial charge is 0.343 e. The lowest BCUT2D eigenvalue weighted by atomic mass is 10.1. The van der Waals surface area contributed by atoms with Crippen LogP contribution in [0.5, 0.6) is 0 Å². The number of pyridine rings is 2. The number of benzene rings is 2. The molecule has 0 spiro atoms. The number of nitrogens with zero attached hydrogens (tertiary/aromatic N) is 5. The molecule has 1 atom stereocenters. The highest BCUT2D eigenvalue weighted by atomic mass is 35.5. The molecule has 43 heavy (non-hydrogen) atoms. The summed E-state index contributed by atoms with van der Waals surface area (Å²) in [6.45, 7) is 6.15. The lowest BCUT2D eigenvalue weighted by molar-refractivity contribution is 0.0524. The summed E-state index contributed by atoms with van der Waals surface area (Å²) in [5.41, 5.74) is 1.41. The van der Waals surface area contributed by atoms with Crippen LogP contribution in [-0.2, 0) is 11.3 Å². The van der Waals surface area contributed by atoms with E-state index in [-0.39, 0.29) is 34.4 Å². The second-order valence-electron chi connectivity index (χ2n) is 10.9. The van der Waals surface area contributed by atoms with Crippen LogP contribution >= 0.6 is 11.6 Å². The van der Waals surface area contributed by atoms with E-state index in [0.717, 1.165) is 24.3 Å². The first-order chi connectivity index (χ1) is 20.8. The van der Waals surface area contributed by atoms with Gasteiger partial charge in [-0.15, -0.1) is 0 Å². The maximum absolute atomic E-state index is 15.8. The fourth-order valence-corrected chi connectivity index (χ4v) is 6.33. The molecular formula is C32H33ClFN5O4. The summed E-state index contributed by atoms with van der Waals surface area (Å²) in [6, 6.07) is 14.6. The molecule has 2 fully saturated rings. The van der Waals surface area contributed by atoms with Gasteiger partial charge in [-0.25, -0.2) is 14.2 Å². The average Bonchev–Trinajstić information content (AvgIpc) is 3.43. The van der Waals surface area contributed by atoms with E-state index in [1.54, 1.807) is 17.7 Å². The van der Waals surface area contributed by atoms with Gasteiger partial charge in [-0.1, -0.05) is 29.8 Å². The number of fused-ring (bicyclic) bond motifs is 1. The number of likely N-dealkylation sites (tertiary alicyclic amines) is 1. The number of aromatic nitrogens is 2. The van der Waals surface area contributed by atoms with Crippen LogP contribution in [0.3, 0.4) is 0 Å². The molecule has 4 aromatic rings. The molecule has 0 unspecified atom stereocenters. The van der Waals surface area contributed by atoms with E-state index in [9.17, 15) is 14.7 Å². The Labute approximate surface area is 253 Å². The van der Waals surface area contributed by atoms with Crippen molar-refractivity contribution in [3.8, 4) is 5.69 Å². The van der Waals surface area contributed by atoms with E-state index < -0.39 is 17.2 Å². The van der Waals surface area contributed by atoms with Gasteiger partial charge in [-0.3, -0.25) is 9.69 Å². The number of aliphatic hydroxyl groups is 1. The van der Waals surface area contributed by atoms with Crippen molar-refractivity contribution in [2.45, 2.75) is 26.0 Å². The highest BCUT2D eigenvalue weighted by Crippen LogP contribution is 2.37. The molecule has 0 bridgehead atoms. The third-order valence-corrected chi connectivity index (χ3v) is 8.45. The summed E-state index contributed by atoms with van der Waals surface area (Å²) in [4.78, 5) is 36.9. The Morgan fingerprint density at radius 1 is 1.09 bits per heavy atom. The number of piperazine rings is 1. The summed E-state index contributed by atoms with van der Waals surface area (Å²) < 4.78 is 22.6. The topological polar surface area (TPSA) is 91.1 Å². The van der Waals surface area contributed by atoms with Crippen LogP contribution in [0.1, 0.15) is 29.3 Å². The maximum atomic E-state index is 15.8. The SMILES string of the molecule is CCOC(=O)c1cn(-c2ccc(CN3CC[C@H](O)C3)cc2)c2c(Cl)c(N3CCN(c4ccccn4)CC3)c(F)cc2c1=O. The summed E-state index contributed by atoms with van der Waals surface area (Å²) in [6.07, 6.45) is 3.63. The van der Waals surface area contributed by atoms with Gasteiger partial charge in [-0.05, 0) is 49.2 Å². The number of hydrogen-bond donors (Lipinski definition) is 1. The molecule has 0 amide bonds. The Balaban J connectivity index is 1.40. The van der Waals surface area contributed by atoms with Crippen LogP contribution in [0, 0.1) is 5.82 Å². The fraction of sp³-hybridized carbons (Fsp3) is 0.344. The number of halogens is 2. The third kappa shape index (κ3) is 5.82. The third-order valence-electron chi connectivity index (χ3n) is 8.09. The van der Waals surface area contributed by atoms with E-state index >= 15 is 4.39 Å². The first kappa shape index (κ1) is 29.1. The highest BCUT2D eigenvalue weighted by Gasteiger charge is 2.27. The quantitative estimate of drug-likeness (QED) is 0.313.